The molecule has 0 aliphatic heterocycles. The van der Waals surface area contributed by atoms with Crippen LogP contribution in [0, 0.1) is 34.6 Å². The second-order valence-electron chi connectivity index (χ2n) is 11.4. The van der Waals surface area contributed by atoms with E-state index in [1.807, 2.05) is 20.8 Å². The van der Waals surface area contributed by atoms with Gasteiger partial charge in [-0.05, 0) is 102 Å². The van der Waals surface area contributed by atoms with Crippen molar-refractivity contribution in [2.75, 3.05) is 0 Å². The quantitative estimate of drug-likeness (QED) is 0.194. The molecular weight excluding hydrogens is 565 g/mol. The summed E-state index contributed by atoms with van der Waals surface area (Å²) < 4.78 is 43.3. The normalized spacial score (nSPS) is 12.2. The number of halogens is 3. The summed E-state index contributed by atoms with van der Waals surface area (Å²) in [5, 5.41) is 9.61. The Balaban J connectivity index is 1.61. The van der Waals surface area contributed by atoms with E-state index < -0.39 is 18.1 Å². The van der Waals surface area contributed by atoms with Crippen LogP contribution in [0.2, 0.25) is 0 Å². The van der Waals surface area contributed by atoms with E-state index in [-0.39, 0.29) is 46.7 Å². The molecule has 0 saturated heterocycles. The molecule has 0 amide bonds. The van der Waals surface area contributed by atoms with Crippen molar-refractivity contribution < 1.29 is 32.7 Å². The molecule has 0 fully saturated rings. The lowest BCUT2D eigenvalue weighted by Crippen LogP contribution is -2.23. The summed E-state index contributed by atoms with van der Waals surface area (Å²) in [4.78, 5) is 37.2. The molecule has 4 aromatic rings. The fourth-order valence-corrected chi connectivity index (χ4v) is 5.72. The molecule has 1 atom stereocenters. The Morgan fingerprint density at radius 1 is 0.682 bits per heavy atom. The molecular formula is C37H35F3O4. The molecule has 1 unspecified atom stereocenters. The Labute approximate surface area is 255 Å². The zero-order valence-electron chi connectivity index (χ0n) is 25.6. The van der Waals surface area contributed by atoms with Gasteiger partial charge in [0.1, 0.15) is 5.92 Å². The number of rotatable bonds is 9. The van der Waals surface area contributed by atoms with Crippen LogP contribution in [0.15, 0.2) is 66.7 Å². The predicted molar refractivity (Wildman–Crippen MR) is 166 cm³/mol. The van der Waals surface area contributed by atoms with Crippen molar-refractivity contribution in [1.29, 1.82) is 0 Å². The van der Waals surface area contributed by atoms with Gasteiger partial charge < -0.3 is 5.11 Å². The Morgan fingerprint density at radius 3 is 1.66 bits per heavy atom. The maximum absolute atomic E-state index is 14.4. The minimum absolute atomic E-state index is 0.0215. The van der Waals surface area contributed by atoms with Gasteiger partial charge in [0.15, 0.2) is 11.6 Å². The van der Waals surface area contributed by atoms with E-state index in [9.17, 15) is 32.7 Å². The molecule has 0 aliphatic carbocycles. The second kappa shape index (κ2) is 12.6. The van der Waals surface area contributed by atoms with Crippen LogP contribution < -0.4 is 0 Å². The van der Waals surface area contributed by atoms with Gasteiger partial charge in [0.25, 0.3) is 0 Å². The number of carboxylic acid groups (broad SMARTS) is 1. The number of hydrogen-bond donors (Lipinski definition) is 1. The van der Waals surface area contributed by atoms with Crippen LogP contribution in [-0.4, -0.2) is 28.8 Å². The van der Waals surface area contributed by atoms with E-state index in [0.29, 0.717) is 33.4 Å². The van der Waals surface area contributed by atoms with E-state index in [2.05, 4.69) is 0 Å². The molecule has 1 N–H and O–H groups in total. The predicted octanol–water partition coefficient (Wildman–Crippen LogP) is 9.31. The highest BCUT2D eigenvalue weighted by Gasteiger charge is 2.42. The van der Waals surface area contributed by atoms with Crippen LogP contribution in [0.5, 0.6) is 0 Å². The number of Topliss-reactive ketones (excluding diaryl/α,β-unsaturated/α-hetero) is 2. The van der Waals surface area contributed by atoms with Gasteiger partial charge in [0, 0.05) is 24.0 Å². The van der Waals surface area contributed by atoms with Gasteiger partial charge in [-0.15, -0.1) is 0 Å². The van der Waals surface area contributed by atoms with Crippen molar-refractivity contribution in [3.05, 3.63) is 128 Å². The van der Waals surface area contributed by atoms with Crippen molar-refractivity contribution in [3.8, 4) is 11.1 Å². The van der Waals surface area contributed by atoms with Crippen LogP contribution in [-0.2, 0) is 6.42 Å². The van der Waals surface area contributed by atoms with Crippen LogP contribution in [0.1, 0.15) is 94.8 Å². The average Bonchev–Trinajstić information content (AvgIpc) is 2.96. The first-order valence-electron chi connectivity index (χ1n) is 14.4. The maximum Gasteiger partial charge on any atom is 0.399 e. The molecule has 44 heavy (non-hydrogen) atoms. The molecule has 7 heteroatoms. The first kappa shape index (κ1) is 32.4. The third kappa shape index (κ3) is 6.67. The van der Waals surface area contributed by atoms with Gasteiger partial charge in [-0.2, -0.15) is 13.2 Å². The number of carboxylic acids is 1. The lowest BCUT2D eigenvalue weighted by atomic mass is 9.84. The van der Waals surface area contributed by atoms with Gasteiger partial charge in [-0.1, -0.05) is 61.5 Å². The van der Waals surface area contributed by atoms with Gasteiger partial charge >= 0.3 is 12.1 Å². The third-order valence-corrected chi connectivity index (χ3v) is 8.41. The summed E-state index contributed by atoms with van der Waals surface area (Å²) in [5.74, 6) is -3.44. The Bertz CT molecular complexity index is 1720. The standard InChI is InChI=1S/C37H35F3O4/c1-7-33(41)30-13-12-27(18-32(30)36(43)44)25-8-10-26(11-9-25)34(42)19-31-22(4)16-29(17-23(31)5)35(37(38,39)40)28-14-20(2)24(6)21(3)15-28/h8-18,35H,7,19H2,1-6H3,(H,43,44). The highest BCUT2D eigenvalue weighted by molar-refractivity contribution is 6.06. The highest BCUT2D eigenvalue weighted by atomic mass is 19.4. The molecule has 0 aromatic heterocycles. The number of benzene rings is 4. The van der Waals surface area contributed by atoms with Crippen LogP contribution >= 0.6 is 0 Å². The molecule has 0 radical (unpaired) electrons. The summed E-state index contributed by atoms with van der Waals surface area (Å²) in [6, 6.07) is 17.6. The van der Waals surface area contributed by atoms with Crippen LogP contribution in [0.3, 0.4) is 0 Å². The van der Waals surface area contributed by atoms with E-state index in [4.69, 9.17) is 0 Å². The van der Waals surface area contributed by atoms with E-state index in [1.165, 1.54) is 24.3 Å². The topological polar surface area (TPSA) is 71.4 Å². The van der Waals surface area contributed by atoms with Gasteiger partial charge in [0.05, 0.1) is 5.56 Å². The molecule has 0 bridgehead atoms. The van der Waals surface area contributed by atoms with Crippen molar-refractivity contribution >= 4 is 17.5 Å². The summed E-state index contributed by atoms with van der Waals surface area (Å²) in [5.41, 5.74) is 6.59. The molecule has 0 saturated carbocycles. The van der Waals surface area contributed by atoms with Crippen molar-refractivity contribution in [1.82, 2.24) is 0 Å². The van der Waals surface area contributed by atoms with Gasteiger partial charge in [-0.25, -0.2) is 4.79 Å². The maximum atomic E-state index is 14.4. The summed E-state index contributed by atoms with van der Waals surface area (Å²) >= 11 is 0. The minimum Gasteiger partial charge on any atom is -0.478 e. The number of alkyl halides is 3. The van der Waals surface area contributed by atoms with Gasteiger partial charge in [-0.3, -0.25) is 9.59 Å². The first-order valence-corrected chi connectivity index (χ1v) is 14.4. The SMILES string of the molecule is CCC(=O)c1ccc(-c2ccc(C(=O)Cc3c(C)cc(C(c4cc(C)c(C)c(C)c4)C(F)(F)F)cc3C)cc2)cc1C(=O)O. The summed E-state index contributed by atoms with van der Waals surface area (Å²) in [7, 11) is 0. The lowest BCUT2D eigenvalue weighted by Gasteiger charge is -2.24. The summed E-state index contributed by atoms with van der Waals surface area (Å²) in [6.45, 7) is 10.7. The minimum atomic E-state index is -4.50. The number of carbonyl (C=O) groups is 3. The smallest absolute Gasteiger partial charge is 0.399 e. The average molecular weight is 601 g/mol. The Kier molecular flexibility index (Phi) is 9.28. The molecule has 0 spiro atoms. The fourth-order valence-electron chi connectivity index (χ4n) is 5.72. The lowest BCUT2D eigenvalue weighted by molar-refractivity contribution is -0.141. The highest BCUT2D eigenvalue weighted by Crippen LogP contribution is 2.42. The molecule has 4 aromatic carbocycles. The second-order valence-corrected chi connectivity index (χ2v) is 11.4. The monoisotopic (exact) mass is 600 g/mol. The largest absolute Gasteiger partial charge is 0.478 e. The molecule has 4 rings (SSSR count). The molecule has 0 heterocycles. The summed E-state index contributed by atoms with van der Waals surface area (Å²) in [6.07, 6.45) is -4.29. The zero-order chi connectivity index (χ0) is 32.5. The van der Waals surface area contributed by atoms with Crippen molar-refractivity contribution in [2.24, 2.45) is 0 Å². The Morgan fingerprint density at radius 2 is 1.18 bits per heavy atom. The van der Waals surface area contributed by atoms with Crippen LogP contribution in [0.25, 0.3) is 11.1 Å². The molecule has 0 aliphatic rings. The first-order chi connectivity index (χ1) is 20.6. The zero-order valence-corrected chi connectivity index (χ0v) is 25.6. The number of hydrogen-bond acceptors (Lipinski definition) is 3. The van der Waals surface area contributed by atoms with Crippen LogP contribution in [0.4, 0.5) is 13.2 Å². The number of aromatic carboxylic acids is 1. The molecule has 228 valence electrons. The molecule has 4 nitrogen and oxygen atoms in total. The number of aryl methyl sites for hydroxylation is 4. The number of ketones is 2. The van der Waals surface area contributed by atoms with Crippen molar-refractivity contribution in [3.63, 3.8) is 0 Å². The van der Waals surface area contributed by atoms with Gasteiger partial charge in [0.2, 0.25) is 0 Å². The number of carbonyl (C=O) groups excluding carboxylic acids is 2. The Hall–Kier alpha value is -4.52. The van der Waals surface area contributed by atoms with E-state index in [0.717, 1.165) is 16.7 Å². The van der Waals surface area contributed by atoms with Crippen molar-refractivity contribution in [2.45, 2.75) is 66.5 Å². The fraction of sp³-hybridized carbons (Fsp3) is 0.270. The third-order valence-electron chi connectivity index (χ3n) is 8.41. The van der Waals surface area contributed by atoms with E-state index >= 15 is 0 Å². The van der Waals surface area contributed by atoms with E-state index in [1.54, 1.807) is 63.2 Å².